The number of carbonyl (C=O) groups excluding carboxylic acids is 1. The summed E-state index contributed by atoms with van der Waals surface area (Å²) in [5.74, 6) is -0.0929. The zero-order valence-corrected chi connectivity index (χ0v) is 21.0. The third-order valence-corrected chi connectivity index (χ3v) is 7.44. The van der Waals surface area contributed by atoms with Gasteiger partial charge in [-0.3, -0.25) is 9.69 Å². The number of halogens is 1. The lowest BCUT2D eigenvalue weighted by atomic mass is 10.2. The summed E-state index contributed by atoms with van der Waals surface area (Å²) >= 11 is 7.84. The first-order valence-electron chi connectivity index (χ1n) is 11.1. The maximum absolute atomic E-state index is 13.8. The van der Waals surface area contributed by atoms with Crippen molar-refractivity contribution in [3.63, 3.8) is 0 Å². The number of thiazole rings is 1. The Morgan fingerprint density at radius 3 is 2.48 bits per heavy atom. The number of benzene rings is 2. The lowest BCUT2D eigenvalue weighted by molar-refractivity contribution is 0.0983. The van der Waals surface area contributed by atoms with E-state index in [1.807, 2.05) is 56.3 Å². The Bertz CT molecular complexity index is 1260. The topological polar surface area (TPSA) is 54.3 Å². The lowest BCUT2D eigenvalue weighted by Gasteiger charge is -2.24. The van der Waals surface area contributed by atoms with Gasteiger partial charge in [0.2, 0.25) is 0 Å². The molecule has 0 atom stereocenters. The molecule has 0 saturated heterocycles. The Hall–Kier alpha value is -2.74. The van der Waals surface area contributed by atoms with E-state index in [1.54, 1.807) is 15.8 Å². The van der Waals surface area contributed by atoms with Crippen LogP contribution < -0.4 is 4.90 Å². The maximum atomic E-state index is 13.8. The monoisotopic (exact) mass is 481 g/mol. The van der Waals surface area contributed by atoms with E-state index in [2.05, 4.69) is 23.8 Å². The van der Waals surface area contributed by atoms with Crippen LogP contribution in [0, 0.1) is 13.8 Å². The van der Waals surface area contributed by atoms with Gasteiger partial charge in [0.15, 0.2) is 5.13 Å². The Kier molecular flexibility index (Phi) is 7.12. The van der Waals surface area contributed by atoms with Crippen molar-refractivity contribution in [2.75, 3.05) is 31.1 Å². The summed E-state index contributed by atoms with van der Waals surface area (Å²) in [5.41, 5.74) is 4.08. The zero-order chi connectivity index (χ0) is 23.5. The van der Waals surface area contributed by atoms with E-state index in [-0.39, 0.29) is 5.91 Å². The van der Waals surface area contributed by atoms with Crippen LogP contribution >= 0.6 is 22.9 Å². The minimum absolute atomic E-state index is 0.0929. The molecule has 172 valence electrons. The van der Waals surface area contributed by atoms with Crippen molar-refractivity contribution in [2.45, 2.75) is 27.7 Å². The summed E-state index contributed by atoms with van der Waals surface area (Å²) in [7, 11) is 0. The maximum Gasteiger partial charge on any atom is 0.263 e. The molecule has 0 N–H and O–H groups in total. The average molecular weight is 482 g/mol. The molecule has 2 heterocycles. The van der Waals surface area contributed by atoms with E-state index in [4.69, 9.17) is 16.6 Å². The smallest absolute Gasteiger partial charge is 0.263 e. The number of likely N-dealkylation sites (N-methyl/N-ethyl adjacent to an activating group) is 1. The number of nitrogens with zero attached hydrogens (tertiary/aromatic N) is 5. The van der Waals surface area contributed by atoms with Crippen molar-refractivity contribution in [3.8, 4) is 5.69 Å². The highest BCUT2D eigenvalue weighted by atomic mass is 35.5. The second-order valence-electron chi connectivity index (χ2n) is 7.89. The third-order valence-electron chi connectivity index (χ3n) is 5.99. The van der Waals surface area contributed by atoms with E-state index in [1.165, 1.54) is 11.3 Å². The van der Waals surface area contributed by atoms with E-state index < -0.39 is 0 Å². The van der Waals surface area contributed by atoms with Crippen molar-refractivity contribution < 1.29 is 4.79 Å². The van der Waals surface area contributed by atoms with Crippen LogP contribution in [-0.4, -0.2) is 51.8 Å². The molecular formula is C25H28ClN5OS. The van der Waals surface area contributed by atoms with E-state index in [9.17, 15) is 4.79 Å². The normalized spacial score (nSPS) is 11.5. The van der Waals surface area contributed by atoms with E-state index in [0.29, 0.717) is 22.3 Å². The van der Waals surface area contributed by atoms with Crippen molar-refractivity contribution in [1.82, 2.24) is 19.7 Å². The molecule has 0 radical (unpaired) electrons. The number of aromatic nitrogens is 3. The van der Waals surface area contributed by atoms with Gasteiger partial charge < -0.3 is 4.90 Å². The van der Waals surface area contributed by atoms with Crippen LogP contribution in [0.15, 0.2) is 48.7 Å². The molecule has 8 heteroatoms. The second kappa shape index (κ2) is 10.0. The molecule has 0 aliphatic heterocycles. The SMILES string of the molecule is CCN(CC)CCN(C(=O)c1cnn(-c2ccccc2)c1C)c1nc2c(C)c(Cl)ccc2s1. The molecule has 0 fully saturated rings. The number of carbonyl (C=O) groups is 1. The predicted octanol–water partition coefficient (Wildman–Crippen LogP) is 5.74. The fourth-order valence-corrected chi connectivity index (χ4v) is 5.07. The van der Waals surface area contributed by atoms with Gasteiger partial charge in [0.25, 0.3) is 5.91 Å². The quantitative estimate of drug-likeness (QED) is 0.322. The highest BCUT2D eigenvalue weighted by molar-refractivity contribution is 7.22. The van der Waals surface area contributed by atoms with E-state index in [0.717, 1.165) is 46.8 Å². The molecule has 0 spiro atoms. The van der Waals surface area contributed by atoms with Crippen molar-refractivity contribution in [3.05, 3.63) is 70.5 Å². The predicted molar refractivity (Wildman–Crippen MR) is 137 cm³/mol. The van der Waals surface area contributed by atoms with Gasteiger partial charge in [-0.1, -0.05) is 55.0 Å². The Morgan fingerprint density at radius 2 is 1.79 bits per heavy atom. The van der Waals surface area contributed by atoms with Crippen LogP contribution in [-0.2, 0) is 0 Å². The highest BCUT2D eigenvalue weighted by Gasteiger charge is 2.26. The molecule has 2 aromatic carbocycles. The second-order valence-corrected chi connectivity index (χ2v) is 9.31. The lowest BCUT2D eigenvalue weighted by Crippen LogP contribution is -2.39. The van der Waals surface area contributed by atoms with Gasteiger partial charge in [-0.05, 0) is 56.8 Å². The first-order valence-corrected chi connectivity index (χ1v) is 12.3. The Balaban J connectivity index is 1.73. The molecular weight excluding hydrogens is 454 g/mol. The highest BCUT2D eigenvalue weighted by Crippen LogP contribution is 2.34. The molecule has 2 aromatic heterocycles. The largest absolute Gasteiger partial charge is 0.302 e. The van der Waals surface area contributed by atoms with Gasteiger partial charge in [0.1, 0.15) is 0 Å². The standard InChI is InChI=1S/C25H28ClN5OS/c1-5-29(6-2)14-15-30(25-28-23-17(3)21(26)12-13-22(23)33-25)24(32)20-16-27-31(18(20)4)19-10-8-7-9-11-19/h7-13,16H,5-6,14-15H2,1-4H3. The number of aryl methyl sites for hydroxylation is 1. The van der Waals surface area contributed by atoms with Gasteiger partial charge in [0.05, 0.1) is 33.4 Å². The summed E-state index contributed by atoms with van der Waals surface area (Å²) in [4.78, 5) is 22.7. The molecule has 0 unspecified atom stereocenters. The van der Waals surface area contributed by atoms with Crippen LogP contribution in [0.3, 0.4) is 0 Å². The molecule has 33 heavy (non-hydrogen) atoms. The molecule has 0 aliphatic carbocycles. The molecule has 0 aliphatic rings. The number of rotatable bonds is 8. The van der Waals surface area contributed by atoms with Crippen LogP contribution in [0.4, 0.5) is 5.13 Å². The van der Waals surface area contributed by atoms with Gasteiger partial charge >= 0.3 is 0 Å². The fraction of sp³-hybridized carbons (Fsp3) is 0.320. The Labute approximate surface area is 203 Å². The minimum Gasteiger partial charge on any atom is -0.302 e. The van der Waals surface area contributed by atoms with E-state index >= 15 is 0 Å². The first-order chi connectivity index (χ1) is 15.9. The van der Waals surface area contributed by atoms with Crippen LogP contribution in [0.1, 0.15) is 35.5 Å². The summed E-state index contributed by atoms with van der Waals surface area (Å²) in [5, 5.41) is 5.86. The van der Waals surface area contributed by atoms with Crippen LogP contribution in [0.5, 0.6) is 0 Å². The molecule has 1 amide bonds. The van der Waals surface area contributed by atoms with Crippen molar-refractivity contribution in [1.29, 1.82) is 0 Å². The molecule has 0 saturated carbocycles. The van der Waals surface area contributed by atoms with Crippen molar-refractivity contribution in [2.24, 2.45) is 0 Å². The minimum atomic E-state index is -0.0929. The number of anilines is 1. The van der Waals surface area contributed by atoms with Crippen LogP contribution in [0.2, 0.25) is 5.02 Å². The summed E-state index contributed by atoms with van der Waals surface area (Å²) in [6.07, 6.45) is 1.66. The molecule has 4 rings (SSSR count). The summed E-state index contributed by atoms with van der Waals surface area (Å²) < 4.78 is 2.82. The molecule has 0 bridgehead atoms. The van der Waals surface area contributed by atoms with Gasteiger partial charge in [-0.2, -0.15) is 5.10 Å². The zero-order valence-electron chi connectivity index (χ0n) is 19.4. The number of amides is 1. The van der Waals surface area contributed by atoms with Crippen molar-refractivity contribution >= 4 is 44.2 Å². The fourth-order valence-electron chi connectivity index (χ4n) is 3.86. The van der Waals surface area contributed by atoms with Gasteiger partial charge in [0, 0.05) is 18.1 Å². The Morgan fingerprint density at radius 1 is 1.06 bits per heavy atom. The van der Waals surface area contributed by atoms with Gasteiger partial charge in [-0.15, -0.1) is 0 Å². The van der Waals surface area contributed by atoms with Gasteiger partial charge in [-0.25, -0.2) is 9.67 Å². The third kappa shape index (κ3) is 4.67. The number of hydrogen-bond acceptors (Lipinski definition) is 5. The molecule has 4 aromatic rings. The van der Waals surface area contributed by atoms with Crippen LogP contribution in [0.25, 0.3) is 15.9 Å². The number of fused-ring (bicyclic) bond motifs is 1. The summed E-state index contributed by atoms with van der Waals surface area (Å²) in [6.45, 7) is 11.3. The number of hydrogen-bond donors (Lipinski definition) is 0. The summed E-state index contributed by atoms with van der Waals surface area (Å²) in [6, 6.07) is 13.7. The molecule has 6 nitrogen and oxygen atoms in total. The average Bonchev–Trinajstić information content (AvgIpc) is 3.43. The number of para-hydroxylation sites is 1. The first kappa shape index (κ1) is 23.4.